The molecule has 1 unspecified atom stereocenters. The summed E-state index contributed by atoms with van der Waals surface area (Å²) in [5.74, 6) is 3.26. The lowest BCUT2D eigenvalue weighted by Gasteiger charge is -2.32. The van der Waals surface area contributed by atoms with E-state index in [4.69, 9.17) is 5.84 Å². The van der Waals surface area contributed by atoms with E-state index < -0.39 is 18.0 Å². The number of nitrogens with zero attached hydrogens (tertiary/aromatic N) is 7. The van der Waals surface area contributed by atoms with Gasteiger partial charge in [-0.25, -0.2) is 0 Å². The molecule has 1 aromatic carbocycles. The molecule has 0 aliphatic carbocycles. The van der Waals surface area contributed by atoms with Crippen LogP contribution in [0.2, 0.25) is 0 Å². The van der Waals surface area contributed by atoms with E-state index in [0.717, 1.165) is 5.56 Å². The third-order valence-corrected chi connectivity index (χ3v) is 6.84. The van der Waals surface area contributed by atoms with Gasteiger partial charge in [0.25, 0.3) is 0 Å². The summed E-state index contributed by atoms with van der Waals surface area (Å²) in [6.07, 6.45) is 5.12. The van der Waals surface area contributed by atoms with Crippen molar-refractivity contribution in [3.8, 4) is 0 Å². The van der Waals surface area contributed by atoms with Gasteiger partial charge in [-0.05, 0) is 19.5 Å². The molecule has 1 heterocycles. The number of aryl methyl sites for hydroxylation is 1. The zero-order valence-electron chi connectivity index (χ0n) is 25.6. The average molecular weight is 618 g/mol. The lowest BCUT2D eigenvalue weighted by atomic mass is 10.2. The second-order valence-corrected chi connectivity index (χ2v) is 10.6. The Morgan fingerprint density at radius 2 is 1.39 bits per heavy atom. The Morgan fingerprint density at radius 1 is 0.864 bits per heavy atom. The highest BCUT2D eigenvalue weighted by atomic mass is 16.4. The molecule has 2 rings (SSSR count). The number of carbonyl (C=O) groups excluding carboxylic acids is 1. The minimum Gasteiger partial charge on any atom is -0.480 e. The van der Waals surface area contributed by atoms with Crippen LogP contribution in [0, 0.1) is 6.92 Å². The van der Waals surface area contributed by atoms with Crippen LogP contribution in [0.3, 0.4) is 0 Å². The van der Waals surface area contributed by atoms with Crippen molar-refractivity contribution < 1.29 is 24.6 Å². The number of likely N-dealkylation sites (N-methyl/N-ethyl adjacent to an activating group) is 1. The number of carboxylic acids is 2. The molecule has 0 radical (unpaired) electrons. The molecule has 1 aliphatic heterocycles. The van der Waals surface area contributed by atoms with Gasteiger partial charge < -0.3 is 26.3 Å². The van der Waals surface area contributed by atoms with Crippen LogP contribution in [-0.4, -0.2) is 158 Å². The van der Waals surface area contributed by atoms with E-state index >= 15 is 0 Å². The van der Waals surface area contributed by atoms with Gasteiger partial charge in [0.2, 0.25) is 5.91 Å². The van der Waals surface area contributed by atoms with Crippen LogP contribution in [0.4, 0.5) is 0 Å². The van der Waals surface area contributed by atoms with Crippen LogP contribution in [0.5, 0.6) is 0 Å². The SMILES string of the molecule is Cc1ccc(/C=N/NCN/N=C/CC(/C=N\N)NC(=O)CN2CCN(C)CCN(CC(=O)O)CCN(CC(=O)O)CC2)cc1. The molecular weight excluding hydrogens is 570 g/mol. The summed E-state index contributed by atoms with van der Waals surface area (Å²) >= 11 is 0. The zero-order chi connectivity index (χ0) is 32.2. The highest BCUT2D eigenvalue weighted by Gasteiger charge is 2.20. The van der Waals surface area contributed by atoms with Crippen molar-refractivity contribution in [3.05, 3.63) is 35.4 Å². The van der Waals surface area contributed by atoms with E-state index in [1.807, 2.05) is 48.0 Å². The largest absolute Gasteiger partial charge is 0.480 e. The molecule has 7 N–H and O–H groups in total. The molecule has 0 bridgehead atoms. The molecular formula is C28H47N11O5. The van der Waals surface area contributed by atoms with Gasteiger partial charge in [0.15, 0.2) is 0 Å². The molecule has 1 saturated heterocycles. The lowest BCUT2D eigenvalue weighted by Crippen LogP contribution is -2.49. The molecule has 16 nitrogen and oxygen atoms in total. The number of amides is 1. The van der Waals surface area contributed by atoms with Crippen LogP contribution in [0.1, 0.15) is 17.5 Å². The van der Waals surface area contributed by atoms with E-state index in [2.05, 4.69) is 36.4 Å². The molecule has 0 saturated carbocycles. The highest BCUT2D eigenvalue weighted by molar-refractivity contribution is 5.83. The normalized spacial score (nSPS) is 17.8. The van der Waals surface area contributed by atoms with E-state index in [9.17, 15) is 24.6 Å². The lowest BCUT2D eigenvalue weighted by molar-refractivity contribution is -0.140. The first-order valence-corrected chi connectivity index (χ1v) is 14.5. The van der Waals surface area contributed by atoms with Gasteiger partial charge in [-0.3, -0.25) is 39.9 Å². The molecule has 1 atom stereocenters. The van der Waals surface area contributed by atoms with Crippen LogP contribution >= 0.6 is 0 Å². The molecule has 16 heteroatoms. The predicted molar refractivity (Wildman–Crippen MR) is 170 cm³/mol. The molecule has 1 amide bonds. The van der Waals surface area contributed by atoms with Gasteiger partial charge in [0.1, 0.15) is 6.67 Å². The fourth-order valence-corrected chi connectivity index (χ4v) is 4.34. The van der Waals surface area contributed by atoms with Crippen molar-refractivity contribution in [2.75, 3.05) is 85.7 Å². The zero-order valence-corrected chi connectivity index (χ0v) is 25.6. The Hall–Kier alpha value is -4.12. The maximum atomic E-state index is 13.0. The fourth-order valence-electron chi connectivity index (χ4n) is 4.34. The van der Waals surface area contributed by atoms with Crippen molar-refractivity contribution in [1.82, 2.24) is 35.8 Å². The number of nitrogens with one attached hydrogen (secondary N) is 3. The number of benzene rings is 1. The smallest absolute Gasteiger partial charge is 0.317 e. The highest BCUT2D eigenvalue weighted by Crippen LogP contribution is 2.01. The van der Waals surface area contributed by atoms with E-state index in [1.54, 1.807) is 17.3 Å². The van der Waals surface area contributed by atoms with Gasteiger partial charge in [0, 0.05) is 71.2 Å². The summed E-state index contributed by atoms with van der Waals surface area (Å²) in [4.78, 5) is 43.3. The monoisotopic (exact) mass is 617 g/mol. The van der Waals surface area contributed by atoms with E-state index in [0.29, 0.717) is 65.4 Å². The fraction of sp³-hybridized carbons (Fsp3) is 0.571. The van der Waals surface area contributed by atoms with Gasteiger partial charge in [-0.2, -0.15) is 15.3 Å². The van der Waals surface area contributed by atoms with Crippen LogP contribution in [0.25, 0.3) is 0 Å². The second kappa shape index (κ2) is 20.7. The molecule has 0 aromatic heterocycles. The van der Waals surface area contributed by atoms with Crippen molar-refractivity contribution in [2.24, 2.45) is 21.1 Å². The maximum absolute atomic E-state index is 13.0. The van der Waals surface area contributed by atoms with Crippen LogP contribution < -0.4 is 22.0 Å². The van der Waals surface area contributed by atoms with Gasteiger partial charge >= 0.3 is 11.9 Å². The summed E-state index contributed by atoms with van der Waals surface area (Å²) in [5, 5.41) is 33.4. The number of carbonyl (C=O) groups is 3. The molecule has 1 aromatic rings. The Morgan fingerprint density at radius 3 is 1.93 bits per heavy atom. The maximum Gasteiger partial charge on any atom is 0.317 e. The number of hydrogen-bond acceptors (Lipinski definition) is 13. The molecule has 0 spiro atoms. The summed E-state index contributed by atoms with van der Waals surface area (Å²) in [6, 6.07) is 7.51. The molecule has 244 valence electrons. The number of rotatable bonds is 15. The minimum atomic E-state index is -0.961. The molecule has 44 heavy (non-hydrogen) atoms. The summed E-state index contributed by atoms with van der Waals surface area (Å²) in [6.45, 7) is 6.29. The van der Waals surface area contributed by atoms with Crippen LogP contribution in [-0.2, 0) is 14.4 Å². The third-order valence-electron chi connectivity index (χ3n) is 6.84. The average Bonchev–Trinajstić information content (AvgIpc) is 2.96. The molecule has 1 fully saturated rings. The molecule has 1 aliphatic rings. The number of nitrogens with two attached hydrogens (primary N) is 1. The Kier molecular flexibility index (Phi) is 17.0. The van der Waals surface area contributed by atoms with Crippen LogP contribution in [0.15, 0.2) is 39.6 Å². The number of carboxylic acid groups (broad SMARTS) is 2. The number of aliphatic carboxylic acids is 2. The van der Waals surface area contributed by atoms with Crippen molar-refractivity contribution in [1.29, 1.82) is 0 Å². The van der Waals surface area contributed by atoms with Gasteiger partial charge in [-0.1, -0.05) is 29.8 Å². The van der Waals surface area contributed by atoms with Crippen molar-refractivity contribution >= 4 is 36.5 Å². The Balaban J connectivity index is 1.85. The minimum absolute atomic E-state index is 0.102. The van der Waals surface area contributed by atoms with Gasteiger partial charge in [-0.15, -0.1) is 0 Å². The first kappa shape index (κ1) is 36.1. The quantitative estimate of drug-likeness (QED) is 0.0428. The van der Waals surface area contributed by atoms with E-state index in [1.165, 1.54) is 11.8 Å². The summed E-state index contributed by atoms with van der Waals surface area (Å²) in [5.41, 5.74) is 7.84. The van der Waals surface area contributed by atoms with Gasteiger partial charge in [0.05, 0.1) is 31.9 Å². The number of hydrazone groups is 3. The van der Waals surface area contributed by atoms with Crippen molar-refractivity contribution in [2.45, 2.75) is 19.4 Å². The summed E-state index contributed by atoms with van der Waals surface area (Å²) < 4.78 is 0. The standard InChI is InChI=1S/C28H47N11O5/c1-23-3-5-24(6-4-23)17-32-34-22-33-31-8-7-25(18-30-29)35-26(40)19-37-11-9-36(2)10-12-38(20-27(41)42)15-16-39(14-13-37)21-28(43)44/h3-6,8,17-18,25,33-34H,7,9-16,19-22,29H2,1-2H3,(H,35,40)(H,41,42)(H,43,44)/b30-18-,31-8+,32-17+. The first-order valence-electron chi connectivity index (χ1n) is 14.5. The second-order valence-electron chi connectivity index (χ2n) is 10.6. The summed E-state index contributed by atoms with van der Waals surface area (Å²) in [7, 11) is 1.95. The Labute approximate surface area is 258 Å². The third kappa shape index (κ3) is 16.5. The first-order chi connectivity index (χ1) is 21.1. The van der Waals surface area contributed by atoms with E-state index in [-0.39, 0.29) is 25.5 Å². The number of hydrogen-bond donors (Lipinski definition) is 6. The topological polar surface area (TPSA) is 204 Å². The van der Waals surface area contributed by atoms with Crippen molar-refractivity contribution in [3.63, 3.8) is 0 Å². The predicted octanol–water partition coefficient (Wildman–Crippen LogP) is -1.71. The Bertz CT molecular complexity index is 1100.